The number of carbonyl (C=O) groups excluding carboxylic acids is 1. The third kappa shape index (κ3) is 2.82. The Labute approximate surface area is 107 Å². The number of benzene rings is 1. The molecule has 0 aliphatic carbocycles. The summed E-state index contributed by atoms with van der Waals surface area (Å²) in [5.41, 5.74) is 0.695. The number of carbonyl (C=O) groups is 1. The summed E-state index contributed by atoms with van der Waals surface area (Å²) in [7, 11) is 0. The molecule has 0 unspecified atom stereocenters. The molecule has 4 heteroatoms. The van der Waals surface area contributed by atoms with Crippen molar-refractivity contribution in [3.05, 3.63) is 29.8 Å². The topological polar surface area (TPSA) is 49.8 Å². The minimum absolute atomic E-state index is 0.00796. The Bertz CT molecular complexity index is 402. The fourth-order valence-corrected chi connectivity index (χ4v) is 2.26. The van der Waals surface area contributed by atoms with Crippen LogP contribution in [0.5, 0.6) is 5.75 Å². The Balaban J connectivity index is 2.02. The molecule has 1 atom stereocenters. The summed E-state index contributed by atoms with van der Waals surface area (Å²) in [5.74, 6) is 0.767. The van der Waals surface area contributed by atoms with Crippen LogP contribution in [-0.2, 0) is 0 Å². The molecule has 1 N–H and O–H groups in total. The maximum atomic E-state index is 12.2. The first kappa shape index (κ1) is 12.9. The van der Waals surface area contributed by atoms with Crippen molar-refractivity contribution in [1.82, 2.24) is 4.90 Å². The van der Waals surface area contributed by atoms with E-state index >= 15 is 0 Å². The van der Waals surface area contributed by atoms with E-state index in [1.165, 1.54) is 0 Å². The molecule has 1 aliphatic heterocycles. The molecule has 1 saturated heterocycles. The molecule has 1 aromatic rings. The Morgan fingerprint density at radius 2 is 2.17 bits per heavy atom. The molecule has 2 rings (SSSR count). The molecular weight excluding hydrogens is 230 g/mol. The van der Waals surface area contributed by atoms with E-state index in [-0.39, 0.29) is 19.1 Å². The summed E-state index contributed by atoms with van der Waals surface area (Å²) in [4.78, 5) is 14.1. The molecule has 0 saturated carbocycles. The van der Waals surface area contributed by atoms with Crippen molar-refractivity contribution in [1.29, 1.82) is 0 Å². The lowest BCUT2D eigenvalue weighted by molar-refractivity contribution is 0.0747. The molecule has 4 nitrogen and oxygen atoms in total. The quantitative estimate of drug-likeness (QED) is 0.883. The normalized spacial score (nSPS) is 19.0. The number of amides is 1. The first-order chi connectivity index (χ1) is 8.72. The zero-order chi connectivity index (χ0) is 13.0. The second-order valence-corrected chi connectivity index (χ2v) is 4.59. The molecule has 1 fully saturated rings. The smallest absolute Gasteiger partial charge is 0.254 e. The summed E-state index contributed by atoms with van der Waals surface area (Å²) in [6.07, 6.45) is 2.17. The SMILES string of the molecule is C[C@@H]1CCCN1C(=O)c1ccc(OCCO)cc1. The van der Waals surface area contributed by atoms with Crippen LogP contribution < -0.4 is 4.74 Å². The predicted octanol–water partition coefficient (Wildman–Crippen LogP) is 1.68. The van der Waals surface area contributed by atoms with Gasteiger partial charge in [-0.25, -0.2) is 0 Å². The van der Waals surface area contributed by atoms with Gasteiger partial charge in [-0.15, -0.1) is 0 Å². The van der Waals surface area contributed by atoms with Gasteiger partial charge in [0.1, 0.15) is 12.4 Å². The third-order valence-corrected chi connectivity index (χ3v) is 3.28. The summed E-state index contributed by atoms with van der Waals surface area (Å²) < 4.78 is 5.26. The number of aliphatic hydroxyl groups is 1. The van der Waals surface area contributed by atoms with Crippen LogP contribution in [-0.4, -0.2) is 41.7 Å². The maximum Gasteiger partial charge on any atom is 0.254 e. The van der Waals surface area contributed by atoms with Crippen LogP contribution in [0.25, 0.3) is 0 Å². The van der Waals surface area contributed by atoms with Crippen LogP contribution in [0.2, 0.25) is 0 Å². The number of nitrogens with zero attached hydrogens (tertiary/aromatic N) is 1. The zero-order valence-corrected chi connectivity index (χ0v) is 10.6. The Kier molecular flexibility index (Phi) is 4.20. The molecule has 0 aromatic heterocycles. The van der Waals surface area contributed by atoms with Crippen LogP contribution >= 0.6 is 0 Å². The number of ether oxygens (including phenoxy) is 1. The van der Waals surface area contributed by atoms with E-state index in [2.05, 4.69) is 6.92 Å². The summed E-state index contributed by atoms with van der Waals surface area (Å²) >= 11 is 0. The number of aliphatic hydroxyl groups excluding tert-OH is 1. The first-order valence-electron chi connectivity index (χ1n) is 6.37. The molecule has 1 aliphatic rings. The van der Waals surface area contributed by atoms with Gasteiger partial charge in [-0.3, -0.25) is 4.79 Å². The molecule has 0 radical (unpaired) electrons. The third-order valence-electron chi connectivity index (χ3n) is 3.28. The van der Waals surface area contributed by atoms with Gasteiger partial charge in [0.05, 0.1) is 6.61 Å². The first-order valence-corrected chi connectivity index (χ1v) is 6.37. The second-order valence-electron chi connectivity index (χ2n) is 4.59. The van der Waals surface area contributed by atoms with Crippen molar-refractivity contribution >= 4 is 5.91 Å². The zero-order valence-electron chi connectivity index (χ0n) is 10.6. The van der Waals surface area contributed by atoms with Crippen molar-refractivity contribution in [2.75, 3.05) is 19.8 Å². The van der Waals surface area contributed by atoms with Crippen molar-refractivity contribution in [2.45, 2.75) is 25.8 Å². The van der Waals surface area contributed by atoms with Crippen LogP contribution in [0, 0.1) is 0 Å². The maximum absolute atomic E-state index is 12.2. The average Bonchev–Trinajstić information content (AvgIpc) is 2.82. The van der Waals surface area contributed by atoms with Gasteiger partial charge in [-0.05, 0) is 44.0 Å². The van der Waals surface area contributed by atoms with E-state index < -0.39 is 0 Å². The van der Waals surface area contributed by atoms with E-state index in [4.69, 9.17) is 9.84 Å². The van der Waals surface area contributed by atoms with Crippen molar-refractivity contribution in [3.63, 3.8) is 0 Å². The van der Waals surface area contributed by atoms with Gasteiger partial charge in [0.15, 0.2) is 0 Å². The lowest BCUT2D eigenvalue weighted by Gasteiger charge is -2.21. The fourth-order valence-electron chi connectivity index (χ4n) is 2.26. The van der Waals surface area contributed by atoms with Gasteiger partial charge >= 0.3 is 0 Å². The number of likely N-dealkylation sites (tertiary alicyclic amines) is 1. The highest BCUT2D eigenvalue weighted by atomic mass is 16.5. The van der Waals surface area contributed by atoms with E-state index in [9.17, 15) is 4.79 Å². The molecule has 0 spiro atoms. The van der Waals surface area contributed by atoms with Crippen molar-refractivity contribution in [2.24, 2.45) is 0 Å². The monoisotopic (exact) mass is 249 g/mol. The average molecular weight is 249 g/mol. The molecule has 18 heavy (non-hydrogen) atoms. The molecule has 1 amide bonds. The van der Waals surface area contributed by atoms with Crippen LogP contribution in [0.15, 0.2) is 24.3 Å². The highest BCUT2D eigenvalue weighted by molar-refractivity contribution is 5.94. The lowest BCUT2D eigenvalue weighted by Crippen LogP contribution is -2.33. The van der Waals surface area contributed by atoms with E-state index in [1.807, 2.05) is 4.90 Å². The lowest BCUT2D eigenvalue weighted by atomic mass is 10.1. The van der Waals surface area contributed by atoms with Gasteiger partial charge < -0.3 is 14.7 Å². The standard InChI is InChI=1S/C14H19NO3/c1-11-3-2-8-15(11)14(17)12-4-6-13(7-5-12)18-10-9-16/h4-7,11,16H,2-3,8-10H2,1H3/t11-/m1/s1. The van der Waals surface area contributed by atoms with Crippen LogP contribution in [0.1, 0.15) is 30.1 Å². The van der Waals surface area contributed by atoms with Crippen molar-refractivity contribution < 1.29 is 14.6 Å². The minimum atomic E-state index is -0.00796. The molecule has 98 valence electrons. The summed E-state index contributed by atoms with van der Waals surface area (Å²) in [6.45, 7) is 3.20. The molecule has 1 heterocycles. The number of hydrogen-bond acceptors (Lipinski definition) is 3. The van der Waals surface area contributed by atoms with E-state index in [1.54, 1.807) is 24.3 Å². The van der Waals surface area contributed by atoms with Gasteiger partial charge in [-0.1, -0.05) is 0 Å². The molecular formula is C14H19NO3. The van der Waals surface area contributed by atoms with E-state index in [0.29, 0.717) is 17.4 Å². The van der Waals surface area contributed by atoms with Crippen LogP contribution in [0.4, 0.5) is 0 Å². The van der Waals surface area contributed by atoms with Gasteiger partial charge in [-0.2, -0.15) is 0 Å². The van der Waals surface area contributed by atoms with Gasteiger partial charge in [0, 0.05) is 18.2 Å². The van der Waals surface area contributed by atoms with Crippen LogP contribution in [0.3, 0.4) is 0 Å². The minimum Gasteiger partial charge on any atom is -0.491 e. The summed E-state index contributed by atoms with van der Waals surface area (Å²) in [5, 5.41) is 8.66. The Morgan fingerprint density at radius 1 is 1.44 bits per heavy atom. The highest BCUT2D eigenvalue weighted by Gasteiger charge is 2.25. The number of rotatable bonds is 4. The molecule has 0 bridgehead atoms. The largest absolute Gasteiger partial charge is 0.491 e. The van der Waals surface area contributed by atoms with Crippen molar-refractivity contribution in [3.8, 4) is 5.75 Å². The Morgan fingerprint density at radius 3 is 2.72 bits per heavy atom. The number of hydrogen-bond donors (Lipinski definition) is 1. The molecule has 1 aromatic carbocycles. The highest BCUT2D eigenvalue weighted by Crippen LogP contribution is 2.20. The fraction of sp³-hybridized carbons (Fsp3) is 0.500. The van der Waals surface area contributed by atoms with E-state index in [0.717, 1.165) is 19.4 Å². The van der Waals surface area contributed by atoms with Gasteiger partial charge in [0.2, 0.25) is 0 Å². The van der Waals surface area contributed by atoms with Gasteiger partial charge in [0.25, 0.3) is 5.91 Å². The Hall–Kier alpha value is -1.55. The summed E-state index contributed by atoms with van der Waals surface area (Å²) in [6, 6.07) is 7.43. The second kappa shape index (κ2) is 5.87. The predicted molar refractivity (Wildman–Crippen MR) is 68.8 cm³/mol.